The van der Waals surface area contributed by atoms with Crippen LogP contribution in [-0.2, 0) is 13.6 Å². The lowest BCUT2D eigenvalue weighted by atomic mass is 10.2. The molecule has 0 aliphatic carbocycles. The van der Waals surface area contributed by atoms with Gasteiger partial charge in [0.1, 0.15) is 0 Å². The third-order valence-electron chi connectivity index (χ3n) is 2.03. The Kier molecular flexibility index (Phi) is 1.59. The zero-order valence-corrected chi connectivity index (χ0v) is 6.99. The molecule has 0 radical (unpaired) electrons. The van der Waals surface area contributed by atoms with Gasteiger partial charge in [-0.25, -0.2) is 4.98 Å². The first-order chi connectivity index (χ1) is 5.81. The lowest BCUT2D eigenvalue weighted by Gasteiger charge is -1.96. The second-order valence-corrected chi connectivity index (χ2v) is 2.88. The van der Waals surface area contributed by atoms with Gasteiger partial charge < -0.3 is 10.3 Å². The molecule has 1 heterocycles. The van der Waals surface area contributed by atoms with Gasteiger partial charge in [0.05, 0.1) is 17.4 Å². The molecule has 0 saturated heterocycles. The molecule has 2 aromatic rings. The van der Waals surface area contributed by atoms with Crippen LogP contribution in [0.1, 0.15) is 5.56 Å². The Labute approximate surface area is 70.8 Å². The average Bonchev–Trinajstić information content (AvgIpc) is 2.47. The Morgan fingerprint density at radius 3 is 3.08 bits per heavy atom. The summed E-state index contributed by atoms with van der Waals surface area (Å²) in [5.74, 6) is 0. The van der Waals surface area contributed by atoms with Crippen molar-refractivity contribution in [2.75, 3.05) is 0 Å². The largest absolute Gasteiger partial charge is 0.334 e. The number of nitrogens with two attached hydrogens (primary N) is 1. The fourth-order valence-electron chi connectivity index (χ4n) is 1.31. The first-order valence-corrected chi connectivity index (χ1v) is 3.91. The maximum absolute atomic E-state index is 5.51. The SMILES string of the molecule is Cn1cnc2cc(CN)ccc21. The molecule has 0 fully saturated rings. The smallest absolute Gasteiger partial charge is 0.0955 e. The molecule has 62 valence electrons. The van der Waals surface area contributed by atoms with Crippen molar-refractivity contribution in [3.63, 3.8) is 0 Å². The van der Waals surface area contributed by atoms with Crippen LogP contribution in [0, 0.1) is 0 Å². The van der Waals surface area contributed by atoms with Crippen LogP contribution in [0.3, 0.4) is 0 Å². The van der Waals surface area contributed by atoms with Crippen molar-refractivity contribution in [1.29, 1.82) is 0 Å². The Morgan fingerprint density at radius 1 is 1.50 bits per heavy atom. The Bertz CT molecular complexity index is 403. The van der Waals surface area contributed by atoms with E-state index in [4.69, 9.17) is 5.73 Å². The van der Waals surface area contributed by atoms with E-state index in [2.05, 4.69) is 4.98 Å². The maximum atomic E-state index is 5.51. The molecular weight excluding hydrogens is 150 g/mol. The summed E-state index contributed by atoms with van der Waals surface area (Å²) in [5, 5.41) is 0. The van der Waals surface area contributed by atoms with Gasteiger partial charge in [0.2, 0.25) is 0 Å². The van der Waals surface area contributed by atoms with E-state index in [0.717, 1.165) is 16.6 Å². The average molecular weight is 161 g/mol. The van der Waals surface area contributed by atoms with Crippen molar-refractivity contribution in [1.82, 2.24) is 9.55 Å². The van der Waals surface area contributed by atoms with Crippen molar-refractivity contribution < 1.29 is 0 Å². The molecule has 3 heteroatoms. The number of rotatable bonds is 1. The van der Waals surface area contributed by atoms with E-state index in [1.165, 1.54) is 0 Å². The fourth-order valence-corrected chi connectivity index (χ4v) is 1.31. The predicted octanol–water partition coefficient (Wildman–Crippen LogP) is 1.03. The number of imidazole rings is 1. The number of nitrogens with zero attached hydrogens (tertiary/aromatic N) is 2. The molecular formula is C9H11N3. The second kappa shape index (κ2) is 2.60. The lowest BCUT2D eigenvalue weighted by Crippen LogP contribution is -1.95. The summed E-state index contributed by atoms with van der Waals surface area (Å²) < 4.78 is 2.00. The molecule has 0 amide bonds. The van der Waals surface area contributed by atoms with Crippen LogP contribution < -0.4 is 5.73 Å². The van der Waals surface area contributed by atoms with Crippen molar-refractivity contribution in [3.8, 4) is 0 Å². The van der Waals surface area contributed by atoms with E-state index in [-0.39, 0.29) is 0 Å². The predicted molar refractivity (Wildman–Crippen MR) is 48.6 cm³/mol. The van der Waals surface area contributed by atoms with Crippen LogP contribution in [0.25, 0.3) is 11.0 Å². The zero-order chi connectivity index (χ0) is 8.55. The number of fused-ring (bicyclic) bond motifs is 1. The summed E-state index contributed by atoms with van der Waals surface area (Å²) in [4.78, 5) is 4.23. The van der Waals surface area contributed by atoms with Crippen LogP contribution in [0.5, 0.6) is 0 Å². The van der Waals surface area contributed by atoms with E-state index in [0.29, 0.717) is 6.54 Å². The minimum atomic E-state index is 0.576. The molecule has 0 saturated carbocycles. The van der Waals surface area contributed by atoms with E-state index in [1.54, 1.807) is 0 Å². The highest BCUT2D eigenvalue weighted by Crippen LogP contribution is 2.12. The number of benzene rings is 1. The highest BCUT2D eigenvalue weighted by molar-refractivity contribution is 5.75. The van der Waals surface area contributed by atoms with Crippen LogP contribution in [0.15, 0.2) is 24.5 Å². The molecule has 0 bridgehead atoms. The number of aryl methyl sites for hydroxylation is 1. The molecule has 3 nitrogen and oxygen atoms in total. The molecule has 0 unspecified atom stereocenters. The summed E-state index contributed by atoms with van der Waals surface area (Å²) in [6.07, 6.45) is 1.81. The molecule has 0 aliphatic heterocycles. The van der Waals surface area contributed by atoms with Gasteiger partial charge in [-0.15, -0.1) is 0 Å². The second-order valence-electron chi connectivity index (χ2n) is 2.88. The van der Waals surface area contributed by atoms with Crippen molar-refractivity contribution in [2.24, 2.45) is 12.8 Å². The summed E-state index contributed by atoms with van der Waals surface area (Å²) in [7, 11) is 1.98. The van der Waals surface area contributed by atoms with E-state index in [1.807, 2.05) is 36.1 Å². The van der Waals surface area contributed by atoms with Crippen molar-refractivity contribution in [3.05, 3.63) is 30.1 Å². The molecule has 2 N–H and O–H groups in total. The Balaban J connectivity index is 2.69. The summed E-state index contributed by atoms with van der Waals surface area (Å²) >= 11 is 0. The normalized spacial score (nSPS) is 10.8. The third kappa shape index (κ3) is 0.987. The quantitative estimate of drug-likeness (QED) is 0.679. The van der Waals surface area contributed by atoms with Crippen LogP contribution in [-0.4, -0.2) is 9.55 Å². The first-order valence-electron chi connectivity index (χ1n) is 3.91. The van der Waals surface area contributed by atoms with Gasteiger partial charge in [0, 0.05) is 13.6 Å². The van der Waals surface area contributed by atoms with Gasteiger partial charge in [0.15, 0.2) is 0 Å². The summed E-state index contributed by atoms with van der Waals surface area (Å²) in [5.41, 5.74) is 8.80. The first kappa shape index (κ1) is 7.31. The number of hydrogen-bond donors (Lipinski definition) is 1. The van der Waals surface area contributed by atoms with E-state index >= 15 is 0 Å². The highest BCUT2D eigenvalue weighted by Gasteiger charge is 1.98. The fraction of sp³-hybridized carbons (Fsp3) is 0.222. The molecule has 1 aromatic heterocycles. The Hall–Kier alpha value is -1.35. The minimum absolute atomic E-state index is 0.576. The maximum Gasteiger partial charge on any atom is 0.0955 e. The van der Waals surface area contributed by atoms with Crippen LogP contribution in [0.2, 0.25) is 0 Å². The van der Waals surface area contributed by atoms with Gasteiger partial charge in [-0.2, -0.15) is 0 Å². The molecule has 1 aromatic carbocycles. The van der Waals surface area contributed by atoms with E-state index in [9.17, 15) is 0 Å². The summed E-state index contributed by atoms with van der Waals surface area (Å²) in [6.45, 7) is 0.576. The van der Waals surface area contributed by atoms with Crippen LogP contribution >= 0.6 is 0 Å². The van der Waals surface area contributed by atoms with Gasteiger partial charge in [0.25, 0.3) is 0 Å². The molecule has 12 heavy (non-hydrogen) atoms. The van der Waals surface area contributed by atoms with Crippen molar-refractivity contribution in [2.45, 2.75) is 6.54 Å². The summed E-state index contributed by atoms with van der Waals surface area (Å²) in [6, 6.07) is 6.10. The third-order valence-corrected chi connectivity index (χ3v) is 2.03. The molecule has 2 rings (SSSR count). The monoisotopic (exact) mass is 161 g/mol. The molecule has 0 spiro atoms. The minimum Gasteiger partial charge on any atom is -0.334 e. The number of hydrogen-bond acceptors (Lipinski definition) is 2. The lowest BCUT2D eigenvalue weighted by molar-refractivity contribution is 0.947. The molecule has 0 atom stereocenters. The molecule has 0 aliphatic rings. The highest BCUT2D eigenvalue weighted by atomic mass is 15.0. The van der Waals surface area contributed by atoms with E-state index < -0.39 is 0 Å². The zero-order valence-electron chi connectivity index (χ0n) is 6.99. The van der Waals surface area contributed by atoms with Gasteiger partial charge in [-0.1, -0.05) is 6.07 Å². The van der Waals surface area contributed by atoms with Crippen molar-refractivity contribution >= 4 is 11.0 Å². The van der Waals surface area contributed by atoms with Gasteiger partial charge in [-0.3, -0.25) is 0 Å². The standard InChI is InChI=1S/C9H11N3/c1-12-6-11-8-4-7(5-10)2-3-9(8)12/h2-4,6H,5,10H2,1H3. The van der Waals surface area contributed by atoms with Gasteiger partial charge in [-0.05, 0) is 17.7 Å². The number of aromatic nitrogens is 2. The van der Waals surface area contributed by atoms with Gasteiger partial charge >= 0.3 is 0 Å². The Morgan fingerprint density at radius 2 is 2.33 bits per heavy atom. The topological polar surface area (TPSA) is 43.8 Å². The van der Waals surface area contributed by atoms with Crippen LogP contribution in [0.4, 0.5) is 0 Å².